The maximum atomic E-state index is 13.2. The molecule has 35 heavy (non-hydrogen) atoms. The molecular formula is C25H18F3N3O4. The second-order valence-corrected chi connectivity index (χ2v) is 6.97. The summed E-state index contributed by atoms with van der Waals surface area (Å²) in [5, 5.41) is 13.8. The van der Waals surface area contributed by atoms with E-state index in [-0.39, 0.29) is 17.0 Å². The fourth-order valence-corrected chi connectivity index (χ4v) is 2.82. The largest absolute Gasteiger partial charge is 0.481 e. The first-order chi connectivity index (χ1) is 16.8. The van der Waals surface area contributed by atoms with Crippen molar-refractivity contribution >= 4 is 23.8 Å². The Kier molecular flexibility index (Phi) is 8.19. The zero-order chi connectivity index (χ0) is 25.3. The van der Waals surface area contributed by atoms with Gasteiger partial charge in [-0.15, -0.1) is 0 Å². The summed E-state index contributed by atoms with van der Waals surface area (Å²) in [5.41, 5.74) is -0.322. The number of rotatable bonds is 8. The van der Waals surface area contributed by atoms with E-state index < -0.39 is 36.8 Å². The Bertz CT molecular complexity index is 1250. The van der Waals surface area contributed by atoms with Gasteiger partial charge in [0.1, 0.15) is 11.8 Å². The Morgan fingerprint density at radius 1 is 0.971 bits per heavy atom. The lowest BCUT2D eigenvalue weighted by Gasteiger charge is -2.18. The lowest BCUT2D eigenvalue weighted by Crippen LogP contribution is -2.31. The molecule has 0 radical (unpaired) electrons. The van der Waals surface area contributed by atoms with Crippen molar-refractivity contribution in [1.82, 2.24) is 0 Å². The monoisotopic (exact) mass is 481 g/mol. The lowest BCUT2D eigenvalue weighted by molar-refractivity contribution is -0.149. The molecule has 0 aliphatic heterocycles. The molecule has 0 bridgehead atoms. The fourth-order valence-electron chi connectivity index (χ4n) is 2.82. The van der Waals surface area contributed by atoms with E-state index in [9.17, 15) is 22.8 Å². The highest BCUT2D eigenvalue weighted by Crippen LogP contribution is 2.31. The Labute approximate surface area is 198 Å². The number of benzene rings is 3. The van der Waals surface area contributed by atoms with Crippen LogP contribution in [0, 0.1) is 11.3 Å². The number of carbonyl (C=O) groups excluding carboxylic acids is 2. The Morgan fingerprint density at radius 3 is 2.40 bits per heavy atom. The summed E-state index contributed by atoms with van der Waals surface area (Å²) < 4.78 is 49.7. The Hall–Kier alpha value is -4.65. The van der Waals surface area contributed by atoms with E-state index in [4.69, 9.17) is 14.7 Å². The average Bonchev–Trinajstić information content (AvgIpc) is 2.86. The number of nitrogens with zero attached hydrogens (tertiary/aromatic N) is 3. The number of halogens is 3. The van der Waals surface area contributed by atoms with Crippen molar-refractivity contribution < 1.29 is 32.2 Å². The maximum Gasteiger partial charge on any atom is 0.416 e. The van der Waals surface area contributed by atoms with Gasteiger partial charge in [0.05, 0.1) is 23.0 Å². The van der Waals surface area contributed by atoms with Crippen molar-refractivity contribution in [2.75, 3.05) is 18.2 Å². The molecule has 0 aliphatic carbocycles. The van der Waals surface area contributed by atoms with Crippen LogP contribution in [-0.2, 0) is 20.5 Å². The number of carbonyl (C=O) groups is 2. The van der Waals surface area contributed by atoms with Crippen LogP contribution < -0.4 is 9.75 Å². The normalized spacial score (nSPS) is 11.0. The first-order valence-corrected chi connectivity index (χ1v) is 10.1. The molecule has 3 aromatic carbocycles. The first kappa shape index (κ1) is 25.0. The molecule has 0 aromatic heterocycles. The number of hydrogen-bond acceptors (Lipinski definition) is 6. The van der Waals surface area contributed by atoms with Crippen molar-refractivity contribution in [3.05, 3.63) is 95.6 Å². The summed E-state index contributed by atoms with van der Waals surface area (Å²) in [4.78, 5) is 24.8. The van der Waals surface area contributed by atoms with Crippen molar-refractivity contribution in [3.63, 3.8) is 0 Å². The van der Waals surface area contributed by atoms with Crippen LogP contribution in [-0.4, -0.2) is 31.3 Å². The predicted molar refractivity (Wildman–Crippen MR) is 121 cm³/mol. The van der Waals surface area contributed by atoms with Gasteiger partial charge in [-0.2, -0.15) is 28.5 Å². The van der Waals surface area contributed by atoms with Crippen LogP contribution >= 0.6 is 0 Å². The number of esters is 1. The molecule has 7 nitrogen and oxygen atoms in total. The molecular weight excluding hydrogens is 463 g/mol. The summed E-state index contributed by atoms with van der Waals surface area (Å²) in [5.74, 6) is -1.64. The number of para-hydroxylation sites is 1. The predicted octanol–water partition coefficient (Wildman–Crippen LogP) is 4.57. The van der Waals surface area contributed by atoms with E-state index in [0.717, 1.165) is 23.2 Å². The molecule has 0 aliphatic rings. The van der Waals surface area contributed by atoms with E-state index in [2.05, 4.69) is 5.10 Å². The van der Waals surface area contributed by atoms with E-state index in [1.165, 1.54) is 24.4 Å². The van der Waals surface area contributed by atoms with Gasteiger partial charge >= 0.3 is 12.1 Å². The number of amides is 1. The summed E-state index contributed by atoms with van der Waals surface area (Å²) in [6.07, 6.45) is -3.33. The molecule has 3 rings (SSSR count). The molecule has 0 saturated heterocycles. The Morgan fingerprint density at radius 2 is 1.69 bits per heavy atom. The van der Waals surface area contributed by atoms with Crippen LogP contribution in [0.25, 0.3) is 0 Å². The number of hydrogen-bond donors (Lipinski definition) is 0. The van der Waals surface area contributed by atoms with Gasteiger partial charge < -0.3 is 9.47 Å². The summed E-state index contributed by atoms with van der Waals surface area (Å²) in [7, 11) is 0. The third-order valence-corrected chi connectivity index (χ3v) is 4.49. The van der Waals surface area contributed by atoms with Crippen molar-refractivity contribution in [1.29, 1.82) is 5.26 Å². The van der Waals surface area contributed by atoms with Crippen LogP contribution in [0.5, 0.6) is 5.75 Å². The molecule has 0 unspecified atom stereocenters. The van der Waals surface area contributed by atoms with Gasteiger partial charge in [-0.05, 0) is 35.9 Å². The fraction of sp³-hybridized carbons (Fsp3) is 0.120. The minimum atomic E-state index is -4.63. The lowest BCUT2D eigenvalue weighted by atomic mass is 10.2. The quantitative estimate of drug-likeness (QED) is 0.267. The molecule has 3 aromatic rings. The highest BCUT2D eigenvalue weighted by Gasteiger charge is 2.31. The van der Waals surface area contributed by atoms with E-state index >= 15 is 0 Å². The van der Waals surface area contributed by atoms with Crippen LogP contribution in [0.15, 0.2) is 84.0 Å². The highest BCUT2D eigenvalue weighted by molar-refractivity contribution is 5.96. The second kappa shape index (κ2) is 11.5. The smallest absolute Gasteiger partial charge is 0.416 e. The molecule has 0 saturated carbocycles. The summed E-state index contributed by atoms with van der Waals surface area (Å²) in [6, 6.07) is 20.8. The van der Waals surface area contributed by atoms with E-state index in [1.54, 1.807) is 42.5 Å². The third-order valence-electron chi connectivity index (χ3n) is 4.49. The van der Waals surface area contributed by atoms with Gasteiger partial charge in [0.25, 0.3) is 5.91 Å². The zero-order valence-electron chi connectivity index (χ0n) is 18.1. The zero-order valence-corrected chi connectivity index (χ0v) is 18.1. The van der Waals surface area contributed by atoms with Crippen LogP contribution in [0.2, 0.25) is 0 Å². The number of hydrazone groups is 1. The first-order valence-electron chi connectivity index (χ1n) is 10.1. The number of anilines is 1. The number of alkyl halides is 3. The highest BCUT2D eigenvalue weighted by atomic mass is 19.4. The van der Waals surface area contributed by atoms with Gasteiger partial charge in [0.2, 0.25) is 0 Å². The van der Waals surface area contributed by atoms with Gasteiger partial charge in [-0.3, -0.25) is 4.79 Å². The second-order valence-electron chi connectivity index (χ2n) is 6.97. The van der Waals surface area contributed by atoms with Crippen LogP contribution in [0.4, 0.5) is 18.9 Å². The summed E-state index contributed by atoms with van der Waals surface area (Å²) >= 11 is 0. The van der Waals surface area contributed by atoms with Gasteiger partial charge in [-0.25, -0.2) is 4.79 Å². The maximum absolute atomic E-state index is 13.2. The topological polar surface area (TPSA) is 92.0 Å². The third kappa shape index (κ3) is 7.17. The SMILES string of the molecule is N#Cc1ccccc1OCC(=O)OCC(=O)N(/N=C/c1ccccc1)c1cccc(C(F)(F)F)c1. The molecule has 0 atom stereocenters. The number of ether oxygens (including phenoxy) is 2. The van der Waals surface area contributed by atoms with Crippen molar-refractivity contribution in [2.24, 2.45) is 5.10 Å². The molecule has 178 valence electrons. The molecule has 0 N–H and O–H groups in total. The molecule has 1 amide bonds. The average molecular weight is 481 g/mol. The van der Waals surface area contributed by atoms with Gasteiger partial charge in [0, 0.05) is 0 Å². The van der Waals surface area contributed by atoms with Gasteiger partial charge in [-0.1, -0.05) is 48.5 Å². The summed E-state index contributed by atoms with van der Waals surface area (Å²) in [6.45, 7) is -1.38. The minimum absolute atomic E-state index is 0.160. The van der Waals surface area contributed by atoms with E-state index in [0.29, 0.717) is 5.56 Å². The van der Waals surface area contributed by atoms with Crippen LogP contribution in [0.1, 0.15) is 16.7 Å². The van der Waals surface area contributed by atoms with Crippen molar-refractivity contribution in [3.8, 4) is 11.8 Å². The van der Waals surface area contributed by atoms with Crippen molar-refractivity contribution in [2.45, 2.75) is 6.18 Å². The Balaban J connectivity index is 1.72. The molecule has 0 spiro atoms. The minimum Gasteiger partial charge on any atom is -0.481 e. The molecule has 10 heteroatoms. The molecule has 0 fully saturated rings. The number of nitriles is 1. The van der Waals surface area contributed by atoms with Gasteiger partial charge in [0.15, 0.2) is 13.2 Å². The van der Waals surface area contributed by atoms with Crippen LogP contribution in [0.3, 0.4) is 0 Å². The van der Waals surface area contributed by atoms with E-state index in [1.807, 2.05) is 6.07 Å². The molecule has 0 heterocycles. The standard InChI is InChI=1S/C25H18F3N3O4/c26-25(27,28)20-10-6-11-21(13-20)31(30-15-18-7-2-1-3-8-18)23(32)16-35-24(33)17-34-22-12-5-4-9-19(22)14-29/h1-13,15H,16-17H2/b30-15+.